The molecule has 0 aromatic rings. The minimum Gasteiger partial charge on any atom is -0.748 e. The van der Waals surface area contributed by atoms with Gasteiger partial charge in [0.25, 0.3) is 16.0 Å². The van der Waals surface area contributed by atoms with Crippen molar-refractivity contribution in [2.75, 3.05) is 50.8 Å². The van der Waals surface area contributed by atoms with Gasteiger partial charge in [0.1, 0.15) is 19.8 Å². The number of nitrogens with one attached hydrogen (secondary N) is 3. The molecule has 0 fully saturated rings. The highest BCUT2D eigenvalue weighted by Crippen LogP contribution is 2.35. The van der Waals surface area contributed by atoms with Gasteiger partial charge >= 0.3 is 31.5 Å². The molecule has 25 nitrogen and oxygen atoms in total. The van der Waals surface area contributed by atoms with Crippen molar-refractivity contribution in [1.29, 1.82) is 0 Å². The summed E-state index contributed by atoms with van der Waals surface area (Å²) < 4.78 is 90.6. The summed E-state index contributed by atoms with van der Waals surface area (Å²) in [6.45, 7) is 30.6. The molecule has 0 saturated carbocycles. The van der Waals surface area contributed by atoms with Crippen molar-refractivity contribution in [3.8, 4) is 0 Å². The first-order chi connectivity index (χ1) is 32.2. The third-order valence-electron chi connectivity index (χ3n) is 9.37. The number of amides is 3. The second-order valence-electron chi connectivity index (χ2n) is 18.9. The number of carbonyl (C=O) groups excluding carboxylic acids is 8. The van der Waals surface area contributed by atoms with Crippen LogP contribution in [-0.4, -0.2) is 145 Å². The van der Waals surface area contributed by atoms with Gasteiger partial charge in [0.05, 0.1) is 44.5 Å². The topological polar surface area (TPSA) is 406 Å². The second-order valence-corrected chi connectivity index (χ2v) is 23.3. The van der Waals surface area contributed by atoms with Crippen LogP contribution in [0.1, 0.15) is 211 Å². The van der Waals surface area contributed by atoms with Crippen LogP contribution < -0.4 is 21.7 Å². The summed E-state index contributed by atoms with van der Waals surface area (Å²) in [5, 5.41) is 7.61. The molecular weight excluding hydrogens is 1140 g/mol. The van der Waals surface area contributed by atoms with E-state index >= 15 is 0 Å². The first-order valence-corrected chi connectivity index (χ1v) is 27.7. The predicted molar refractivity (Wildman–Crippen MR) is 332 cm³/mol. The normalized spacial score (nSPS) is 10.9. The molecule has 9 N–H and O–H groups in total. The third-order valence-corrected chi connectivity index (χ3v) is 12.0. The molecule has 0 heterocycles. The van der Waals surface area contributed by atoms with Crippen molar-refractivity contribution in [3.63, 3.8) is 0 Å². The lowest BCUT2D eigenvalue weighted by atomic mass is 9.91. The van der Waals surface area contributed by atoms with Crippen LogP contribution >= 0.6 is 7.60 Å². The van der Waals surface area contributed by atoms with E-state index in [0.29, 0.717) is 37.8 Å². The number of hydrogen-bond acceptors (Lipinski definition) is 18. The number of esters is 4. The molecule has 0 bridgehead atoms. The number of ketones is 1. The molecule has 28 heteroatoms. The van der Waals surface area contributed by atoms with E-state index in [0.717, 1.165) is 0 Å². The van der Waals surface area contributed by atoms with Crippen molar-refractivity contribution in [3.05, 3.63) is 12.2 Å². The summed E-state index contributed by atoms with van der Waals surface area (Å²) >= 11 is 0. The Bertz CT molecular complexity index is 1970. The molecule has 504 valence electrons. The van der Waals surface area contributed by atoms with Crippen molar-refractivity contribution in [2.45, 2.75) is 222 Å². The fourth-order valence-corrected chi connectivity index (χ4v) is 6.21. The highest BCUT2D eigenvalue weighted by atomic mass is 32.2. The fraction of sp³-hybridized carbons (Fsp3) is 0.815. The lowest BCUT2D eigenvalue weighted by Gasteiger charge is -2.28. The Morgan fingerprint density at radius 2 is 0.951 bits per heavy atom. The number of quaternary nitrogens is 1. The van der Waals surface area contributed by atoms with Crippen molar-refractivity contribution >= 4 is 75.2 Å². The lowest BCUT2D eigenvalue weighted by Crippen LogP contribution is -2.52. The van der Waals surface area contributed by atoms with Gasteiger partial charge in [-0.25, -0.2) is 18.0 Å². The van der Waals surface area contributed by atoms with Crippen LogP contribution in [-0.2, 0) is 82.1 Å². The number of carbonyl (C=O) groups is 8. The Balaban J connectivity index is -0.0000000519. The highest BCUT2D eigenvalue weighted by Gasteiger charge is 2.31. The number of Topliss-reactive ketones (excluding diaryl/α,β-unsaturated/α-hetero) is 1. The third kappa shape index (κ3) is 69.9. The summed E-state index contributed by atoms with van der Waals surface area (Å²) in [4.78, 5) is 106. The number of rotatable bonds is 25. The van der Waals surface area contributed by atoms with E-state index in [1.807, 2.05) is 20.8 Å². The molecule has 0 saturated heterocycles. The van der Waals surface area contributed by atoms with Crippen LogP contribution in [0.3, 0.4) is 0 Å². The molecule has 2 atom stereocenters. The van der Waals surface area contributed by atoms with E-state index in [-0.39, 0.29) is 124 Å². The van der Waals surface area contributed by atoms with Gasteiger partial charge in [0, 0.05) is 29.9 Å². The van der Waals surface area contributed by atoms with E-state index in [4.69, 9.17) is 23.8 Å². The molecule has 0 radical (unpaired) electrons. The van der Waals surface area contributed by atoms with Crippen LogP contribution in [0.2, 0.25) is 0 Å². The SMILES string of the molecule is C.C.C.C.C.C.C.C.C.C.C=C(C)C(=O)OCCNC(=O)COC(=O)C(C)(C)CC.CC(=O)C(=O)OCC[NH3+].CCC(C)(C)C(=O)OCP(=O)(O)O.CCC(C)C(=O)NC(C)(C)CS(=O)(=O)O.CCC(C)C(=O)NC(C)(C)CS(=O)(=O)[O-]. The molecule has 0 aromatic carbocycles. The van der Waals surface area contributed by atoms with Gasteiger partial charge in [-0.2, -0.15) is 8.42 Å². The molecule has 0 aliphatic carbocycles. The van der Waals surface area contributed by atoms with Gasteiger partial charge in [0.2, 0.25) is 17.6 Å². The van der Waals surface area contributed by atoms with Gasteiger partial charge in [-0.05, 0) is 88.0 Å². The molecular formula is C54H125N4O21PS2. The average molecular weight is 1260 g/mol. The molecule has 3 amide bonds. The van der Waals surface area contributed by atoms with Crippen LogP contribution in [0.5, 0.6) is 0 Å². The molecule has 0 rings (SSSR count). The molecule has 0 aliphatic heterocycles. The van der Waals surface area contributed by atoms with Crippen LogP contribution in [0, 0.1) is 22.7 Å². The summed E-state index contributed by atoms with van der Waals surface area (Å²) in [5.41, 5.74) is 0.478. The highest BCUT2D eigenvalue weighted by molar-refractivity contribution is 7.86. The molecule has 2 unspecified atom stereocenters. The van der Waals surface area contributed by atoms with E-state index in [1.165, 1.54) is 27.7 Å². The van der Waals surface area contributed by atoms with Gasteiger partial charge in [-0.1, -0.05) is 122 Å². The van der Waals surface area contributed by atoms with E-state index in [2.05, 4.69) is 37.7 Å². The molecule has 0 aliphatic rings. The van der Waals surface area contributed by atoms with Gasteiger partial charge < -0.3 is 55.0 Å². The van der Waals surface area contributed by atoms with E-state index < -0.39 is 103 Å². The first kappa shape index (κ1) is 116. The minimum absolute atomic E-state index is 0. The predicted octanol–water partition coefficient (Wildman–Crippen LogP) is 8.31. The lowest BCUT2D eigenvalue weighted by molar-refractivity contribution is -0.372. The van der Waals surface area contributed by atoms with Crippen molar-refractivity contribution in [1.82, 2.24) is 16.0 Å². The van der Waals surface area contributed by atoms with E-state index in [1.54, 1.807) is 62.3 Å². The smallest absolute Gasteiger partial charge is 0.374 e. The monoisotopic (exact) mass is 1260 g/mol. The van der Waals surface area contributed by atoms with Crippen LogP contribution in [0.25, 0.3) is 0 Å². The fourth-order valence-electron chi connectivity index (χ4n) is 3.98. The standard InChI is InChI=1S/C14H23NO5.2C9H19NO4S.C7H15O5P.C5H9NO3.10CH4/c1-6-14(4,5)13(18)20-9-11(16)15-7-8-19-12(17)10(2)3;2*1-5-7(2)8(11)10-9(3,4)6-15(12,13)14;1-4-7(2,3)6(8)12-5-13(9,10)11;1-4(7)5(8)9-3-2-6;;;;;;;;;;/h2,6-9H2,1,3-5H3,(H,15,16);2*7H,5-6H2,1-4H3,(H,10,11)(H,12,13,14);4-5H2,1-3H3,(H2,9,10,11);2-3,6H2,1H3;10*1H4. The molecule has 82 heavy (non-hydrogen) atoms. The summed E-state index contributed by atoms with van der Waals surface area (Å²) in [6, 6.07) is 0. The van der Waals surface area contributed by atoms with Crippen LogP contribution in [0.15, 0.2) is 12.2 Å². The molecule has 0 aromatic heterocycles. The van der Waals surface area contributed by atoms with Crippen molar-refractivity contribution in [2.24, 2.45) is 22.7 Å². The summed E-state index contributed by atoms with van der Waals surface area (Å²) in [7, 11) is -12.6. The maximum atomic E-state index is 11.6. The zero-order valence-corrected chi connectivity index (χ0v) is 47.5. The average Bonchev–Trinajstić information content (AvgIpc) is 3.22. The van der Waals surface area contributed by atoms with Gasteiger partial charge in [-0.3, -0.25) is 37.9 Å². The number of ether oxygens (including phenoxy) is 4. The van der Waals surface area contributed by atoms with E-state index in [9.17, 15) is 64.3 Å². The van der Waals surface area contributed by atoms with Crippen molar-refractivity contribution < 1.29 is 103 Å². The maximum Gasteiger partial charge on any atom is 0.374 e. The zero-order chi connectivity index (χ0) is 58.3. The minimum atomic E-state index is -4.32. The largest absolute Gasteiger partial charge is 0.748 e. The Morgan fingerprint density at radius 3 is 1.23 bits per heavy atom. The Hall–Kier alpha value is -4.37. The number of hydrogen-bond donors (Lipinski definition) is 7. The first-order valence-electron chi connectivity index (χ1n) is 22.7. The second kappa shape index (κ2) is 54.6. The van der Waals surface area contributed by atoms with Gasteiger partial charge in [-0.15, -0.1) is 0 Å². The van der Waals surface area contributed by atoms with Gasteiger partial charge in [0.15, 0.2) is 13.0 Å². The molecule has 0 spiro atoms. The summed E-state index contributed by atoms with van der Waals surface area (Å²) in [6.07, 6.45) is 1.71. The van der Waals surface area contributed by atoms with Crippen LogP contribution in [0.4, 0.5) is 0 Å². The zero-order valence-electron chi connectivity index (χ0n) is 45.0. The quantitative estimate of drug-likeness (QED) is 0.00858. The summed E-state index contributed by atoms with van der Waals surface area (Å²) in [5.74, 6) is -5.14. The Labute approximate surface area is 500 Å². The maximum absolute atomic E-state index is 11.6. The Morgan fingerprint density at radius 1 is 0.610 bits per heavy atom. The Kier molecular flexibility index (Phi) is 77.3.